The molecule has 0 spiro atoms. The van der Waals surface area contributed by atoms with Gasteiger partial charge < -0.3 is 9.47 Å². The van der Waals surface area contributed by atoms with Crippen LogP contribution in [0.15, 0.2) is 0 Å². The summed E-state index contributed by atoms with van der Waals surface area (Å²) in [6.45, 7) is 12.2. The molecule has 0 atom stereocenters. The summed E-state index contributed by atoms with van der Waals surface area (Å²) in [6, 6.07) is 0. The van der Waals surface area contributed by atoms with E-state index in [0.29, 0.717) is 32.7 Å². The highest BCUT2D eigenvalue weighted by Crippen LogP contribution is 2.14. The molecule has 0 aliphatic rings. The minimum Gasteiger partial charge on any atom is -0.464 e. The van der Waals surface area contributed by atoms with Gasteiger partial charge >= 0.3 is 11.9 Å². The second-order valence-electron chi connectivity index (χ2n) is 5.39. The van der Waals surface area contributed by atoms with Gasteiger partial charge in [-0.15, -0.1) is 0 Å². The minimum absolute atomic E-state index is 0.185. The molecule has 0 heterocycles. The summed E-state index contributed by atoms with van der Waals surface area (Å²) < 4.78 is 10.2. The Bertz CT molecular complexity index is 284. The Morgan fingerprint density at radius 1 is 1.00 bits per heavy atom. The van der Waals surface area contributed by atoms with Crippen molar-refractivity contribution in [1.29, 1.82) is 0 Å². The van der Waals surface area contributed by atoms with Crippen molar-refractivity contribution in [3.8, 4) is 0 Å². The molecular weight excluding hydrogens is 246 g/mol. The molecule has 0 radical (unpaired) electrons. The van der Waals surface area contributed by atoms with E-state index in [2.05, 4.69) is 4.90 Å². The van der Waals surface area contributed by atoms with Gasteiger partial charge in [0.05, 0.1) is 5.41 Å². The second kappa shape index (κ2) is 8.91. The zero-order valence-corrected chi connectivity index (χ0v) is 12.8. The fourth-order valence-electron chi connectivity index (χ4n) is 1.30. The lowest BCUT2D eigenvalue weighted by molar-refractivity contribution is -0.153. The van der Waals surface area contributed by atoms with E-state index >= 15 is 0 Å². The molecule has 19 heavy (non-hydrogen) atoms. The van der Waals surface area contributed by atoms with Gasteiger partial charge in [-0.1, -0.05) is 13.8 Å². The van der Waals surface area contributed by atoms with E-state index < -0.39 is 5.41 Å². The molecule has 0 rings (SSSR count). The number of carbonyl (C=O) groups excluding carboxylic acids is 2. The third-order valence-corrected chi connectivity index (χ3v) is 2.66. The summed E-state index contributed by atoms with van der Waals surface area (Å²) in [4.78, 5) is 24.6. The Balaban J connectivity index is 3.82. The molecule has 5 heteroatoms. The Morgan fingerprint density at radius 2 is 1.53 bits per heavy atom. The molecule has 0 aromatic rings. The van der Waals surface area contributed by atoms with Crippen LogP contribution in [-0.4, -0.2) is 49.7 Å². The average molecular weight is 273 g/mol. The van der Waals surface area contributed by atoms with E-state index in [1.165, 1.54) is 0 Å². The fraction of sp³-hybridized carbons (Fsp3) is 0.857. The largest absolute Gasteiger partial charge is 0.464 e. The molecule has 0 N–H and O–H groups in total. The predicted octanol–water partition coefficient (Wildman–Crippen LogP) is 1.85. The van der Waals surface area contributed by atoms with Crippen LogP contribution >= 0.6 is 0 Å². The standard InChI is InChI=1S/C14H27NO4/c1-6-12(16)18-10-8-15(7-2)9-11-19-13(17)14(3,4)5/h6-11H2,1-5H3. The molecule has 0 aromatic carbocycles. The maximum atomic E-state index is 11.6. The Hall–Kier alpha value is -1.10. The van der Waals surface area contributed by atoms with E-state index in [1.54, 1.807) is 6.92 Å². The van der Waals surface area contributed by atoms with Crippen LogP contribution in [0.5, 0.6) is 0 Å². The summed E-state index contributed by atoms with van der Waals surface area (Å²) in [5, 5.41) is 0. The average Bonchev–Trinajstić information content (AvgIpc) is 2.35. The van der Waals surface area contributed by atoms with Gasteiger partial charge in [-0.25, -0.2) is 0 Å². The Morgan fingerprint density at radius 3 is 1.95 bits per heavy atom. The maximum Gasteiger partial charge on any atom is 0.311 e. The molecule has 0 amide bonds. The quantitative estimate of drug-likeness (QED) is 0.632. The van der Waals surface area contributed by atoms with E-state index in [1.807, 2.05) is 27.7 Å². The molecule has 0 bridgehead atoms. The van der Waals surface area contributed by atoms with Crippen molar-refractivity contribution in [2.24, 2.45) is 5.41 Å². The Labute approximate surface area is 116 Å². The van der Waals surface area contributed by atoms with Gasteiger partial charge in [0, 0.05) is 19.5 Å². The summed E-state index contributed by atoms with van der Waals surface area (Å²) in [5.74, 6) is -0.379. The molecule has 0 saturated heterocycles. The minimum atomic E-state index is -0.465. The summed E-state index contributed by atoms with van der Waals surface area (Å²) in [7, 11) is 0. The number of likely N-dealkylation sites (N-methyl/N-ethyl adjacent to an activating group) is 1. The number of hydrogen-bond acceptors (Lipinski definition) is 5. The van der Waals surface area contributed by atoms with Gasteiger partial charge in [0.1, 0.15) is 13.2 Å². The second-order valence-corrected chi connectivity index (χ2v) is 5.39. The van der Waals surface area contributed by atoms with Crippen LogP contribution in [0.1, 0.15) is 41.0 Å². The normalized spacial score (nSPS) is 11.5. The van der Waals surface area contributed by atoms with Gasteiger partial charge in [0.25, 0.3) is 0 Å². The van der Waals surface area contributed by atoms with Crippen molar-refractivity contribution in [1.82, 2.24) is 4.90 Å². The molecular formula is C14H27NO4. The van der Waals surface area contributed by atoms with Gasteiger partial charge in [-0.2, -0.15) is 0 Å². The molecule has 112 valence electrons. The van der Waals surface area contributed by atoms with Gasteiger partial charge in [0.2, 0.25) is 0 Å². The van der Waals surface area contributed by atoms with Crippen LogP contribution in [0.25, 0.3) is 0 Å². The van der Waals surface area contributed by atoms with Crippen molar-refractivity contribution in [3.05, 3.63) is 0 Å². The van der Waals surface area contributed by atoms with E-state index in [-0.39, 0.29) is 11.9 Å². The molecule has 0 aliphatic carbocycles. The summed E-state index contributed by atoms with van der Waals surface area (Å²) in [5.41, 5.74) is -0.465. The number of rotatable bonds is 8. The zero-order valence-electron chi connectivity index (χ0n) is 12.8. The van der Waals surface area contributed by atoms with Crippen molar-refractivity contribution >= 4 is 11.9 Å². The number of nitrogens with zero attached hydrogens (tertiary/aromatic N) is 1. The lowest BCUT2D eigenvalue weighted by Gasteiger charge is -2.22. The molecule has 0 saturated carbocycles. The smallest absolute Gasteiger partial charge is 0.311 e. The first kappa shape index (κ1) is 17.9. The fourth-order valence-corrected chi connectivity index (χ4v) is 1.30. The lowest BCUT2D eigenvalue weighted by Crippen LogP contribution is -2.33. The number of esters is 2. The van der Waals surface area contributed by atoms with Crippen LogP contribution in [0.2, 0.25) is 0 Å². The first-order valence-electron chi connectivity index (χ1n) is 6.86. The topological polar surface area (TPSA) is 55.8 Å². The molecule has 5 nitrogen and oxygen atoms in total. The van der Waals surface area contributed by atoms with Crippen LogP contribution < -0.4 is 0 Å². The Kier molecular flexibility index (Phi) is 8.39. The van der Waals surface area contributed by atoms with E-state index in [4.69, 9.17) is 9.47 Å². The van der Waals surface area contributed by atoms with Gasteiger partial charge in [-0.3, -0.25) is 14.5 Å². The third-order valence-electron chi connectivity index (χ3n) is 2.66. The summed E-state index contributed by atoms with van der Waals surface area (Å²) >= 11 is 0. The highest BCUT2D eigenvalue weighted by Gasteiger charge is 2.22. The molecule has 0 fully saturated rings. The van der Waals surface area contributed by atoms with Gasteiger partial charge in [-0.05, 0) is 27.3 Å². The number of ether oxygens (including phenoxy) is 2. The van der Waals surface area contributed by atoms with Crippen molar-refractivity contribution in [3.63, 3.8) is 0 Å². The van der Waals surface area contributed by atoms with Crippen molar-refractivity contribution < 1.29 is 19.1 Å². The summed E-state index contributed by atoms with van der Waals surface area (Å²) in [6.07, 6.45) is 0.398. The lowest BCUT2D eigenvalue weighted by atomic mass is 9.97. The monoisotopic (exact) mass is 273 g/mol. The van der Waals surface area contributed by atoms with E-state index in [9.17, 15) is 9.59 Å². The SMILES string of the molecule is CCC(=O)OCCN(CC)CCOC(=O)C(C)(C)C. The number of carbonyl (C=O) groups is 2. The van der Waals surface area contributed by atoms with E-state index in [0.717, 1.165) is 6.54 Å². The highest BCUT2D eigenvalue weighted by atomic mass is 16.5. The van der Waals surface area contributed by atoms with Crippen LogP contribution in [0.3, 0.4) is 0 Å². The van der Waals surface area contributed by atoms with Crippen molar-refractivity contribution in [2.75, 3.05) is 32.8 Å². The van der Waals surface area contributed by atoms with Crippen LogP contribution in [0.4, 0.5) is 0 Å². The predicted molar refractivity (Wildman–Crippen MR) is 73.8 cm³/mol. The molecule has 0 aromatic heterocycles. The first-order chi connectivity index (χ1) is 8.81. The number of hydrogen-bond donors (Lipinski definition) is 0. The van der Waals surface area contributed by atoms with Crippen molar-refractivity contribution in [2.45, 2.75) is 41.0 Å². The molecule has 0 aliphatic heterocycles. The first-order valence-corrected chi connectivity index (χ1v) is 6.86. The third kappa shape index (κ3) is 8.59. The van der Waals surface area contributed by atoms with Crippen LogP contribution in [0, 0.1) is 5.41 Å². The maximum absolute atomic E-state index is 11.6. The highest BCUT2D eigenvalue weighted by molar-refractivity contribution is 5.75. The zero-order chi connectivity index (χ0) is 14.9. The molecule has 0 unspecified atom stereocenters. The van der Waals surface area contributed by atoms with Gasteiger partial charge in [0.15, 0.2) is 0 Å². The van der Waals surface area contributed by atoms with Crippen LogP contribution in [-0.2, 0) is 19.1 Å².